The molecule has 0 atom stereocenters. The molecule has 1 rings (SSSR count). The number of carbonyl (C=O) groups is 2. The van der Waals surface area contributed by atoms with Gasteiger partial charge in [-0.05, 0) is 0 Å². The predicted molar refractivity (Wildman–Crippen MR) is 57.8 cm³/mol. The molecule has 0 aromatic carbocycles. The first-order chi connectivity index (χ1) is 7.11. The molecule has 2 amide bonds. The summed E-state index contributed by atoms with van der Waals surface area (Å²) in [4.78, 5) is 27.9. The quantitative estimate of drug-likeness (QED) is 0.807. The van der Waals surface area contributed by atoms with E-state index in [1.165, 1.54) is 16.2 Å². The molecule has 0 saturated heterocycles. The fourth-order valence-electron chi connectivity index (χ4n) is 0.922. The molecule has 1 heterocycles. The van der Waals surface area contributed by atoms with Crippen LogP contribution in [0.15, 0.2) is 10.9 Å². The zero-order valence-electron chi connectivity index (χ0n) is 8.69. The summed E-state index contributed by atoms with van der Waals surface area (Å²) in [6, 6.07) is 0. The SMILES string of the molecule is CN(C)C(=O)CCNC(=O)c1cscn1. The number of thiazole rings is 1. The van der Waals surface area contributed by atoms with Gasteiger partial charge in [-0.2, -0.15) is 0 Å². The Balaban J connectivity index is 2.27. The smallest absolute Gasteiger partial charge is 0.270 e. The van der Waals surface area contributed by atoms with Crippen LogP contribution in [-0.2, 0) is 4.79 Å². The summed E-state index contributed by atoms with van der Waals surface area (Å²) >= 11 is 1.37. The Labute approximate surface area is 92.1 Å². The highest BCUT2D eigenvalue weighted by atomic mass is 32.1. The first kappa shape index (κ1) is 11.6. The van der Waals surface area contributed by atoms with E-state index in [9.17, 15) is 9.59 Å². The van der Waals surface area contributed by atoms with E-state index in [0.717, 1.165) is 0 Å². The van der Waals surface area contributed by atoms with Gasteiger partial charge in [-0.15, -0.1) is 11.3 Å². The van der Waals surface area contributed by atoms with Crippen molar-refractivity contribution in [3.05, 3.63) is 16.6 Å². The largest absolute Gasteiger partial charge is 0.350 e. The average molecular weight is 227 g/mol. The van der Waals surface area contributed by atoms with E-state index in [4.69, 9.17) is 0 Å². The number of nitrogens with zero attached hydrogens (tertiary/aromatic N) is 2. The molecule has 0 saturated carbocycles. The van der Waals surface area contributed by atoms with Crippen LogP contribution in [0.2, 0.25) is 0 Å². The van der Waals surface area contributed by atoms with Crippen LogP contribution in [0.5, 0.6) is 0 Å². The van der Waals surface area contributed by atoms with Crippen molar-refractivity contribution >= 4 is 23.2 Å². The molecular weight excluding hydrogens is 214 g/mol. The lowest BCUT2D eigenvalue weighted by atomic mass is 10.3. The van der Waals surface area contributed by atoms with Crippen LogP contribution in [0, 0.1) is 0 Å². The lowest BCUT2D eigenvalue weighted by Crippen LogP contribution is -2.30. The Morgan fingerprint density at radius 1 is 1.53 bits per heavy atom. The fourth-order valence-corrected chi connectivity index (χ4v) is 1.45. The maximum Gasteiger partial charge on any atom is 0.270 e. The normalized spacial score (nSPS) is 9.73. The number of rotatable bonds is 4. The standard InChI is InChI=1S/C9H13N3O2S/c1-12(2)8(13)3-4-10-9(14)7-5-15-6-11-7/h5-6H,3-4H2,1-2H3,(H,10,14). The van der Waals surface area contributed by atoms with Gasteiger partial charge in [0.1, 0.15) is 5.69 Å². The summed E-state index contributed by atoms with van der Waals surface area (Å²) in [7, 11) is 3.37. The molecule has 1 aromatic heterocycles. The van der Waals surface area contributed by atoms with Crippen molar-refractivity contribution < 1.29 is 9.59 Å². The first-order valence-electron chi connectivity index (χ1n) is 4.48. The minimum absolute atomic E-state index is 0.00595. The van der Waals surface area contributed by atoms with Crippen molar-refractivity contribution in [2.24, 2.45) is 0 Å². The molecule has 6 heteroatoms. The molecule has 0 aliphatic heterocycles. The Hall–Kier alpha value is -1.43. The number of hydrogen-bond donors (Lipinski definition) is 1. The maximum atomic E-state index is 11.4. The molecule has 1 N–H and O–H groups in total. The number of nitrogens with one attached hydrogen (secondary N) is 1. The van der Waals surface area contributed by atoms with Gasteiger partial charge in [0, 0.05) is 32.4 Å². The van der Waals surface area contributed by atoms with Crippen molar-refractivity contribution in [3.63, 3.8) is 0 Å². The molecule has 1 aromatic rings. The van der Waals surface area contributed by atoms with Crippen molar-refractivity contribution in [2.45, 2.75) is 6.42 Å². The predicted octanol–water partition coefficient (Wildman–Crippen LogP) is 0.351. The number of amides is 2. The van der Waals surface area contributed by atoms with Crippen LogP contribution in [0.3, 0.4) is 0 Å². The third-order valence-corrected chi connectivity index (χ3v) is 2.37. The second-order valence-electron chi connectivity index (χ2n) is 3.17. The molecule has 15 heavy (non-hydrogen) atoms. The van der Waals surface area contributed by atoms with Crippen LogP contribution >= 0.6 is 11.3 Å². The van der Waals surface area contributed by atoms with Gasteiger partial charge in [0.2, 0.25) is 5.91 Å². The molecule has 0 fully saturated rings. The molecular formula is C9H13N3O2S. The Kier molecular flexibility index (Phi) is 4.23. The van der Waals surface area contributed by atoms with Gasteiger partial charge in [-0.3, -0.25) is 9.59 Å². The summed E-state index contributed by atoms with van der Waals surface area (Å²) in [6.07, 6.45) is 0.308. The second-order valence-corrected chi connectivity index (χ2v) is 3.89. The van der Waals surface area contributed by atoms with Crippen molar-refractivity contribution in [1.29, 1.82) is 0 Å². The topological polar surface area (TPSA) is 62.3 Å². The lowest BCUT2D eigenvalue weighted by Gasteiger charge is -2.09. The van der Waals surface area contributed by atoms with Gasteiger partial charge in [0.25, 0.3) is 5.91 Å². The van der Waals surface area contributed by atoms with Gasteiger partial charge in [0.15, 0.2) is 0 Å². The van der Waals surface area contributed by atoms with E-state index in [1.807, 2.05) is 0 Å². The van der Waals surface area contributed by atoms with E-state index in [0.29, 0.717) is 18.7 Å². The van der Waals surface area contributed by atoms with Crippen molar-refractivity contribution in [1.82, 2.24) is 15.2 Å². The Bertz CT molecular complexity index is 335. The third kappa shape index (κ3) is 3.67. The van der Waals surface area contributed by atoms with E-state index >= 15 is 0 Å². The van der Waals surface area contributed by atoms with Crippen LogP contribution in [0.1, 0.15) is 16.9 Å². The zero-order chi connectivity index (χ0) is 11.3. The van der Waals surface area contributed by atoms with Crippen molar-refractivity contribution in [3.8, 4) is 0 Å². The van der Waals surface area contributed by atoms with Gasteiger partial charge >= 0.3 is 0 Å². The van der Waals surface area contributed by atoms with Crippen LogP contribution in [-0.4, -0.2) is 42.3 Å². The summed E-state index contributed by atoms with van der Waals surface area (Å²) in [5.74, 6) is -0.239. The summed E-state index contributed by atoms with van der Waals surface area (Å²) < 4.78 is 0. The Morgan fingerprint density at radius 2 is 2.27 bits per heavy atom. The van der Waals surface area contributed by atoms with E-state index in [-0.39, 0.29) is 11.8 Å². The maximum absolute atomic E-state index is 11.4. The number of hydrogen-bond acceptors (Lipinski definition) is 4. The van der Waals surface area contributed by atoms with Crippen LogP contribution in [0.25, 0.3) is 0 Å². The minimum Gasteiger partial charge on any atom is -0.350 e. The molecule has 0 spiro atoms. The zero-order valence-corrected chi connectivity index (χ0v) is 9.50. The van der Waals surface area contributed by atoms with Crippen LogP contribution in [0.4, 0.5) is 0 Å². The van der Waals surface area contributed by atoms with Gasteiger partial charge in [-0.1, -0.05) is 0 Å². The third-order valence-electron chi connectivity index (χ3n) is 1.79. The summed E-state index contributed by atoms with van der Waals surface area (Å²) in [5.41, 5.74) is 2.00. The molecule has 82 valence electrons. The summed E-state index contributed by atoms with van der Waals surface area (Å²) in [5, 5.41) is 4.30. The highest BCUT2D eigenvalue weighted by Crippen LogP contribution is 2.00. The van der Waals surface area contributed by atoms with E-state index in [2.05, 4.69) is 10.3 Å². The molecule has 5 nitrogen and oxygen atoms in total. The molecule has 0 radical (unpaired) electrons. The van der Waals surface area contributed by atoms with Gasteiger partial charge in [0.05, 0.1) is 5.51 Å². The van der Waals surface area contributed by atoms with E-state index in [1.54, 1.807) is 25.0 Å². The summed E-state index contributed by atoms with van der Waals surface area (Å²) in [6.45, 7) is 0.341. The molecule has 0 bridgehead atoms. The first-order valence-corrected chi connectivity index (χ1v) is 5.42. The lowest BCUT2D eigenvalue weighted by molar-refractivity contribution is -0.128. The van der Waals surface area contributed by atoms with Crippen molar-refractivity contribution in [2.75, 3.05) is 20.6 Å². The average Bonchev–Trinajstić information content (AvgIpc) is 2.70. The Morgan fingerprint density at radius 3 is 2.80 bits per heavy atom. The number of aromatic nitrogens is 1. The molecule has 0 unspecified atom stereocenters. The number of carbonyl (C=O) groups excluding carboxylic acids is 2. The monoisotopic (exact) mass is 227 g/mol. The minimum atomic E-state index is -0.234. The highest BCUT2D eigenvalue weighted by molar-refractivity contribution is 7.07. The fraction of sp³-hybridized carbons (Fsp3) is 0.444. The van der Waals surface area contributed by atoms with Gasteiger partial charge in [-0.25, -0.2) is 4.98 Å². The molecule has 0 aliphatic carbocycles. The molecule has 0 aliphatic rings. The highest BCUT2D eigenvalue weighted by Gasteiger charge is 2.08. The van der Waals surface area contributed by atoms with Crippen LogP contribution < -0.4 is 5.32 Å². The van der Waals surface area contributed by atoms with Gasteiger partial charge < -0.3 is 10.2 Å². The second kappa shape index (κ2) is 5.45. The van der Waals surface area contributed by atoms with E-state index < -0.39 is 0 Å².